The molecule has 2 aromatic heterocycles. The maximum absolute atomic E-state index is 12.1. The number of carbonyl (C=O) groups excluding carboxylic acids is 2. The zero-order valence-corrected chi connectivity index (χ0v) is 12.3. The first-order valence-electron chi connectivity index (χ1n) is 5.47. The number of carbonyl (C=O) groups is 2. The number of hydrazine groups is 1. The van der Waals surface area contributed by atoms with E-state index in [0.29, 0.717) is 0 Å². The van der Waals surface area contributed by atoms with E-state index < -0.39 is 21.9 Å². The van der Waals surface area contributed by atoms with Gasteiger partial charge in [-0.15, -0.1) is 16.2 Å². The molecule has 2 heterocycles. The van der Waals surface area contributed by atoms with E-state index in [1.54, 1.807) is 0 Å². The van der Waals surface area contributed by atoms with E-state index >= 15 is 0 Å². The van der Waals surface area contributed by atoms with Crippen LogP contribution in [-0.2, 0) is 14.8 Å². The lowest BCUT2D eigenvalue weighted by Crippen LogP contribution is -2.41. The average molecular weight is 330 g/mol. The van der Waals surface area contributed by atoms with Crippen LogP contribution in [0.25, 0.3) is 0 Å². The summed E-state index contributed by atoms with van der Waals surface area (Å²) in [5.41, 5.74) is 1.98. The van der Waals surface area contributed by atoms with Gasteiger partial charge in [0.15, 0.2) is 5.76 Å². The van der Waals surface area contributed by atoms with Gasteiger partial charge in [-0.3, -0.25) is 10.2 Å². The van der Waals surface area contributed by atoms with Crippen molar-refractivity contribution >= 4 is 33.2 Å². The van der Waals surface area contributed by atoms with Gasteiger partial charge in [0, 0.05) is 0 Å². The van der Waals surface area contributed by atoms with Crippen LogP contribution in [0.3, 0.4) is 0 Å². The number of methoxy groups -OCH3 is 1. The molecule has 21 heavy (non-hydrogen) atoms. The number of thiophene rings is 1. The molecule has 0 saturated carbocycles. The Bertz CT molecular complexity index is 748. The second-order valence-electron chi connectivity index (χ2n) is 3.64. The molecule has 0 aliphatic rings. The van der Waals surface area contributed by atoms with Gasteiger partial charge in [0.05, 0.1) is 13.4 Å². The normalized spacial score (nSPS) is 11.1. The zero-order valence-electron chi connectivity index (χ0n) is 10.7. The van der Waals surface area contributed by atoms with Crippen molar-refractivity contribution in [1.29, 1.82) is 0 Å². The van der Waals surface area contributed by atoms with E-state index in [9.17, 15) is 18.0 Å². The Labute approximate surface area is 123 Å². The summed E-state index contributed by atoms with van der Waals surface area (Å²) in [6.07, 6.45) is 1.28. The molecule has 10 heteroatoms. The summed E-state index contributed by atoms with van der Waals surface area (Å²) in [5.74, 6) is -1.60. The van der Waals surface area contributed by atoms with E-state index in [-0.39, 0.29) is 15.5 Å². The highest BCUT2D eigenvalue weighted by Gasteiger charge is 2.25. The molecular weight excluding hydrogens is 320 g/mol. The van der Waals surface area contributed by atoms with Crippen LogP contribution in [0, 0.1) is 0 Å². The van der Waals surface area contributed by atoms with Crippen molar-refractivity contribution in [2.75, 3.05) is 7.11 Å². The number of hydrogen-bond donors (Lipinski definition) is 2. The summed E-state index contributed by atoms with van der Waals surface area (Å²) in [6, 6.07) is 4.09. The number of esters is 1. The second kappa shape index (κ2) is 6.08. The van der Waals surface area contributed by atoms with Gasteiger partial charge in [0.2, 0.25) is 0 Å². The van der Waals surface area contributed by atoms with Gasteiger partial charge in [-0.25, -0.2) is 13.2 Å². The van der Waals surface area contributed by atoms with Crippen molar-refractivity contribution in [2.45, 2.75) is 4.90 Å². The number of rotatable bonds is 5. The molecule has 0 radical (unpaired) electrons. The molecule has 2 aromatic rings. The molecule has 0 atom stereocenters. The predicted molar refractivity (Wildman–Crippen MR) is 72.2 cm³/mol. The van der Waals surface area contributed by atoms with Crippen molar-refractivity contribution in [3.63, 3.8) is 0 Å². The highest BCUT2D eigenvalue weighted by molar-refractivity contribution is 7.89. The molecule has 0 aliphatic heterocycles. The molecule has 0 bridgehead atoms. The maximum atomic E-state index is 12.1. The maximum Gasteiger partial charge on any atom is 0.349 e. The Morgan fingerprint density at radius 2 is 2.10 bits per heavy atom. The molecule has 0 aliphatic carbocycles. The van der Waals surface area contributed by atoms with Crippen LogP contribution in [0.4, 0.5) is 0 Å². The van der Waals surface area contributed by atoms with Gasteiger partial charge >= 0.3 is 11.9 Å². The first-order chi connectivity index (χ1) is 9.95. The molecule has 8 nitrogen and oxygen atoms in total. The molecule has 2 rings (SSSR count). The van der Waals surface area contributed by atoms with Crippen LogP contribution >= 0.6 is 11.3 Å². The highest BCUT2D eigenvalue weighted by Crippen LogP contribution is 2.22. The molecule has 0 unspecified atom stereocenters. The van der Waals surface area contributed by atoms with Crippen molar-refractivity contribution in [3.05, 3.63) is 40.5 Å². The summed E-state index contributed by atoms with van der Waals surface area (Å²) < 4.78 is 33.4. The summed E-state index contributed by atoms with van der Waals surface area (Å²) in [4.78, 5) is 24.6. The van der Waals surface area contributed by atoms with Gasteiger partial charge < -0.3 is 9.15 Å². The third kappa shape index (κ3) is 3.29. The molecule has 0 fully saturated rings. The monoisotopic (exact) mass is 330 g/mol. The number of hydrogen-bond acceptors (Lipinski definition) is 7. The van der Waals surface area contributed by atoms with Gasteiger partial charge in [0.1, 0.15) is 9.77 Å². The molecule has 112 valence electrons. The minimum Gasteiger partial charge on any atom is -0.465 e. The quantitative estimate of drug-likeness (QED) is 0.617. The Hall–Kier alpha value is -2.17. The first kappa shape index (κ1) is 15.2. The molecular formula is C11H10N2O6S2. The van der Waals surface area contributed by atoms with Crippen molar-refractivity contribution in [2.24, 2.45) is 0 Å². The van der Waals surface area contributed by atoms with E-state index in [1.807, 2.05) is 10.3 Å². The minimum absolute atomic E-state index is 0.0591. The topological polar surface area (TPSA) is 115 Å². The van der Waals surface area contributed by atoms with Crippen LogP contribution in [0.1, 0.15) is 20.2 Å². The summed E-state index contributed by atoms with van der Waals surface area (Å²) in [5, 5.41) is 1.43. The lowest BCUT2D eigenvalue weighted by atomic mass is 10.4. The van der Waals surface area contributed by atoms with Crippen LogP contribution in [-0.4, -0.2) is 27.4 Å². The highest BCUT2D eigenvalue weighted by atomic mass is 32.2. The third-order valence-electron chi connectivity index (χ3n) is 2.33. The molecule has 0 aromatic carbocycles. The largest absolute Gasteiger partial charge is 0.465 e. The lowest BCUT2D eigenvalue weighted by Gasteiger charge is -2.07. The fraction of sp³-hybridized carbons (Fsp3) is 0.0909. The molecule has 1 amide bonds. The van der Waals surface area contributed by atoms with E-state index in [2.05, 4.69) is 4.74 Å². The third-order valence-corrected chi connectivity index (χ3v) is 4.65. The average Bonchev–Trinajstić information content (AvgIpc) is 3.14. The van der Waals surface area contributed by atoms with Crippen LogP contribution in [0.5, 0.6) is 0 Å². The van der Waals surface area contributed by atoms with Gasteiger partial charge in [0.25, 0.3) is 10.0 Å². The van der Waals surface area contributed by atoms with E-state index in [1.165, 1.54) is 29.8 Å². The fourth-order valence-electron chi connectivity index (χ4n) is 1.39. The minimum atomic E-state index is -4.10. The van der Waals surface area contributed by atoms with E-state index in [0.717, 1.165) is 18.4 Å². The summed E-state index contributed by atoms with van der Waals surface area (Å²) in [7, 11) is -2.96. The standard InChI is InChI=1S/C11H10N2O6S2/c1-18-11(15)9-8(4-6-20-9)21(16,17)13-12-10(14)7-3-2-5-19-7/h2-6,13H,1H3,(H,12,14). The van der Waals surface area contributed by atoms with Gasteiger partial charge in [-0.2, -0.15) is 0 Å². The fourth-order valence-corrected chi connectivity index (χ4v) is 3.56. The molecule has 2 N–H and O–H groups in total. The van der Waals surface area contributed by atoms with E-state index in [4.69, 9.17) is 4.42 Å². The Morgan fingerprint density at radius 3 is 2.71 bits per heavy atom. The van der Waals surface area contributed by atoms with Gasteiger partial charge in [-0.05, 0) is 23.6 Å². The number of ether oxygens (including phenoxy) is 1. The number of furan rings is 1. The SMILES string of the molecule is COC(=O)c1sccc1S(=O)(=O)NNC(=O)c1ccco1. The van der Waals surface area contributed by atoms with Crippen LogP contribution in [0.15, 0.2) is 39.2 Å². The predicted octanol–water partition coefficient (Wildman–Crippen LogP) is 0.751. The first-order valence-corrected chi connectivity index (χ1v) is 7.83. The lowest BCUT2D eigenvalue weighted by molar-refractivity contribution is 0.0602. The molecule has 0 saturated heterocycles. The van der Waals surface area contributed by atoms with Crippen molar-refractivity contribution < 1.29 is 27.2 Å². The molecule has 0 spiro atoms. The number of amides is 1. The summed E-state index contributed by atoms with van der Waals surface area (Å²) in [6.45, 7) is 0. The number of nitrogens with one attached hydrogen (secondary N) is 2. The Kier molecular flexibility index (Phi) is 4.40. The second-order valence-corrected chi connectivity index (χ2v) is 6.21. The van der Waals surface area contributed by atoms with Crippen LogP contribution < -0.4 is 10.3 Å². The van der Waals surface area contributed by atoms with Crippen molar-refractivity contribution in [1.82, 2.24) is 10.3 Å². The number of sulfonamides is 1. The smallest absolute Gasteiger partial charge is 0.349 e. The van der Waals surface area contributed by atoms with Crippen LogP contribution in [0.2, 0.25) is 0 Å². The zero-order chi connectivity index (χ0) is 15.5. The van der Waals surface area contributed by atoms with Gasteiger partial charge in [-0.1, -0.05) is 0 Å². The Balaban J connectivity index is 2.14. The summed E-state index contributed by atoms with van der Waals surface area (Å²) >= 11 is 0.916. The Morgan fingerprint density at radius 1 is 1.33 bits per heavy atom. The van der Waals surface area contributed by atoms with Crippen molar-refractivity contribution in [3.8, 4) is 0 Å².